The molecule has 0 heterocycles. The standard InChI is InChI=1S/C13H20FNO/c1-11-9-12(5-6-13(11)14)10-15(2)7-3-4-8-16/h5-6,9,16H,3-4,7-8,10H2,1-2H3. The van der Waals surface area contributed by atoms with Crippen LogP contribution < -0.4 is 0 Å². The second kappa shape index (κ2) is 6.61. The van der Waals surface area contributed by atoms with Gasteiger partial charge >= 0.3 is 0 Å². The lowest BCUT2D eigenvalue weighted by atomic mass is 10.1. The topological polar surface area (TPSA) is 23.5 Å². The number of nitrogens with zero attached hydrogens (tertiary/aromatic N) is 1. The second-order valence-electron chi connectivity index (χ2n) is 4.25. The van der Waals surface area contributed by atoms with Crippen LogP contribution >= 0.6 is 0 Å². The number of aliphatic hydroxyl groups excluding tert-OH is 1. The fourth-order valence-electron chi connectivity index (χ4n) is 1.69. The highest BCUT2D eigenvalue weighted by atomic mass is 19.1. The maximum absolute atomic E-state index is 13.0. The molecule has 0 aliphatic carbocycles. The summed E-state index contributed by atoms with van der Waals surface area (Å²) in [6, 6.07) is 5.23. The summed E-state index contributed by atoms with van der Waals surface area (Å²) >= 11 is 0. The van der Waals surface area contributed by atoms with Crippen LogP contribution in [0.25, 0.3) is 0 Å². The van der Waals surface area contributed by atoms with Crippen LogP contribution in [0.2, 0.25) is 0 Å². The van der Waals surface area contributed by atoms with Crippen molar-refractivity contribution in [3.05, 3.63) is 35.1 Å². The van der Waals surface area contributed by atoms with Gasteiger partial charge in [-0.15, -0.1) is 0 Å². The molecule has 3 heteroatoms. The summed E-state index contributed by atoms with van der Waals surface area (Å²) < 4.78 is 13.0. The van der Waals surface area contributed by atoms with E-state index in [0.29, 0.717) is 5.56 Å². The zero-order chi connectivity index (χ0) is 12.0. The molecule has 0 bridgehead atoms. The molecular weight excluding hydrogens is 205 g/mol. The summed E-state index contributed by atoms with van der Waals surface area (Å²) in [7, 11) is 2.04. The van der Waals surface area contributed by atoms with E-state index >= 15 is 0 Å². The van der Waals surface area contributed by atoms with Crippen molar-refractivity contribution in [1.82, 2.24) is 4.90 Å². The van der Waals surface area contributed by atoms with E-state index in [1.54, 1.807) is 6.92 Å². The molecular formula is C13H20FNO. The number of hydrogen-bond donors (Lipinski definition) is 1. The van der Waals surface area contributed by atoms with E-state index in [2.05, 4.69) is 4.90 Å². The first kappa shape index (κ1) is 13.1. The largest absolute Gasteiger partial charge is 0.396 e. The van der Waals surface area contributed by atoms with Crippen LogP contribution in [0.4, 0.5) is 4.39 Å². The lowest BCUT2D eigenvalue weighted by Gasteiger charge is -2.16. The van der Waals surface area contributed by atoms with Crippen LogP contribution in [0, 0.1) is 12.7 Å². The smallest absolute Gasteiger partial charge is 0.126 e. The van der Waals surface area contributed by atoms with Gasteiger partial charge in [-0.3, -0.25) is 0 Å². The van der Waals surface area contributed by atoms with Crippen LogP contribution in [-0.2, 0) is 6.54 Å². The minimum Gasteiger partial charge on any atom is -0.396 e. The number of unbranched alkanes of at least 4 members (excludes halogenated alkanes) is 1. The second-order valence-corrected chi connectivity index (χ2v) is 4.25. The van der Waals surface area contributed by atoms with Crippen LogP contribution in [0.5, 0.6) is 0 Å². The van der Waals surface area contributed by atoms with E-state index in [1.807, 2.05) is 19.2 Å². The molecule has 0 saturated carbocycles. The fourth-order valence-corrected chi connectivity index (χ4v) is 1.69. The molecule has 1 N–H and O–H groups in total. The van der Waals surface area contributed by atoms with E-state index in [0.717, 1.165) is 31.5 Å². The highest BCUT2D eigenvalue weighted by molar-refractivity contribution is 5.23. The van der Waals surface area contributed by atoms with Gasteiger partial charge in [-0.05, 0) is 50.6 Å². The molecule has 1 aromatic carbocycles. The van der Waals surface area contributed by atoms with E-state index in [4.69, 9.17) is 5.11 Å². The normalized spacial score (nSPS) is 11.1. The predicted molar refractivity (Wildman–Crippen MR) is 63.8 cm³/mol. The Bertz CT molecular complexity index is 328. The summed E-state index contributed by atoms with van der Waals surface area (Å²) in [4.78, 5) is 2.18. The van der Waals surface area contributed by atoms with Crippen LogP contribution in [0.3, 0.4) is 0 Å². The molecule has 0 aliphatic heterocycles. The summed E-state index contributed by atoms with van der Waals surface area (Å²) in [5, 5.41) is 8.68. The molecule has 0 saturated heterocycles. The van der Waals surface area contributed by atoms with Crippen molar-refractivity contribution in [3.8, 4) is 0 Å². The molecule has 0 spiro atoms. The Balaban J connectivity index is 2.43. The summed E-state index contributed by atoms with van der Waals surface area (Å²) in [6.07, 6.45) is 1.83. The van der Waals surface area contributed by atoms with Gasteiger partial charge < -0.3 is 10.0 Å². The van der Waals surface area contributed by atoms with Gasteiger partial charge in [-0.1, -0.05) is 12.1 Å². The van der Waals surface area contributed by atoms with Gasteiger partial charge in [0.25, 0.3) is 0 Å². The molecule has 1 aromatic rings. The Labute approximate surface area is 96.7 Å². The van der Waals surface area contributed by atoms with Crippen molar-refractivity contribution in [1.29, 1.82) is 0 Å². The van der Waals surface area contributed by atoms with E-state index < -0.39 is 0 Å². The molecule has 16 heavy (non-hydrogen) atoms. The van der Waals surface area contributed by atoms with Gasteiger partial charge in [0.05, 0.1) is 0 Å². The van der Waals surface area contributed by atoms with Crippen molar-refractivity contribution in [2.75, 3.05) is 20.2 Å². The molecule has 0 radical (unpaired) electrons. The van der Waals surface area contributed by atoms with Crippen molar-refractivity contribution in [3.63, 3.8) is 0 Å². The minimum absolute atomic E-state index is 0.147. The maximum atomic E-state index is 13.0. The molecule has 0 amide bonds. The summed E-state index contributed by atoms with van der Waals surface area (Å²) in [5.41, 5.74) is 1.83. The average molecular weight is 225 g/mol. The number of halogens is 1. The monoisotopic (exact) mass is 225 g/mol. The van der Waals surface area contributed by atoms with Crippen molar-refractivity contribution in [2.24, 2.45) is 0 Å². The first-order chi connectivity index (χ1) is 7.63. The van der Waals surface area contributed by atoms with E-state index in [1.165, 1.54) is 6.07 Å². The average Bonchev–Trinajstić information content (AvgIpc) is 2.24. The Hall–Kier alpha value is -0.930. The van der Waals surface area contributed by atoms with E-state index in [9.17, 15) is 4.39 Å². The van der Waals surface area contributed by atoms with Gasteiger partial charge in [0.2, 0.25) is 0 Å². The van der Waals surface area contributed by atoms with Gasteiger partial charge in [0, 0.05) is 13.2 Å². The Morgan fingerprint density at radius 3 is 2.69 bits per heavy atom. The van der Waals surface area contributed by atoms with Crippen LogP contribution in [0.15, 0.2) is 18.2 Å². The third-order valence-electron chi connectivity index (χ3n) is 2.62. The van der Waals surface area contributed by atoms with Crippen molar-refractivity contribution in [2.45, 2.75) is 26.3 Å². The Morgan fingerprint density at radius 1 is 1.31 bits per heavy atom. The number of aliphatic hydroxyl groups is 1. The third-order valence-corrected chi connectivity index (χ3v) is 2.62. The van der Waals surface area contributed by atoms with Gasteiger partial charge in [0.1, 0.15) is 5.82 Å². The lowest BCUT2D eigenvalue weighted by molar-refractivity contribution is 0.261. The zero-order valence-electron chi connectivity index (χ0n) is 10.0. The first-order valence-corrected chi connectivity index (χ1v) is 5.68. The summed E-state index contributed by atoms with van der Waals surface area (Å²) in [5.74, 6) is -0.147. The van der Waals surface area contributed by atoms with E-state index in [-0.39, 0.29) is 12.4 Å². The first-order valence-electron chi connectivity index (χ1n) is 5.68. The molecule has 0 aliphatic rings. The van der Waals surface area contributed by atoms with Crippen LogP contribution in [-0.4, -0.2) is 30.2 Å². The Kier molecular flexibility index (Phi) is 5.43. The predicted octanol–water partition coefficient (Wildman–Crippen LogP) is 2.34. The maximum Gasteiger partial charge on any atom is 0.126 e. The van der Waals surface area contributed by atoms with Gasteiger partial charge in [0.15, 0.2) is 0 Å². The molecule has 0 atom stereocenters. The zero-order valence-corrected chi connectivity index (χ0v) is 10.0. The number of aryl methyl sites for hydroxylation is 1. The molecule has 0 fully saturated rings. The van der Waals surface area contributed by atoms with Crippen LogP contribution in [0.1, 0.15) is 24.0 Å². The van der Waals surface area contributed by atoms with Gasteiger partial charge in [-0.2, -0.15) is 0 Å². The SMILES string of the molecule is Cc1cc(CN(C)CCCCO)ccc1F. The summed E-state index contributed by atoms with van der Waals surface area (Å²) in [6.45, 7) is 3.82. The quantitative estimate of drug-likeness (QED) is 0.751. The molecule has 90 valence electrons. The minimum atomic E-state index is -0.147. The molecule has 1 rings (SSSR count). The van der Waals surface area contributed by atoms with Gasteiger partial charge in [-0.25, -0.2) is 4.39 Å². The fraction of sp³-hybridized carbons (Fsp3) is 0.538. The molecule has 2 nitrogen and oxygen atoms in total. The Morgan fingerprint density at radius 2 is 2.06 bits per heavy atom. The van der Waals surface area contributed by atoms with Crippen molar-refractivity contribution < 1.29 is 9.50 Å². The third kappa shape index (κ3) is 4.29. The highest BCUT2D eigenvalue weighted by Gasteiger charge is 2.02. The van der Waals surface area contributed by atoms with Crippen molar-refractivity contribution >= 4 is 0 Å². The highest BCUT2D eigenvalue weighted by Crippen LogP contribution is 2.11. The number of hydrogen-bond acceptors (Lipinski definition) is 2. The molecule has 0 aromatic heterocycles. The lowest BCUT2D eigenvalue weighted by Crippen LogP contribution is -2.19. The number of benzene rings is 1. The number of rotatable bonds is 6. The molecule has 0 unspecified atom stereocenters.